The van der Waals surface area contributed by atoms with Crippen LogP contribution in [-0.4, -0.2) is 109 Å². The number of piperazine rings is 1. The molecule has 1 saturated heterocycles. The number of carbonyl (C=O) groups excluding carboxylic acids is 1. The van der Waals surface area contributed by atoms with Gasteiger partial charge in [0.2, 0.25) is 16.0 Å². The van der Waals surface area contributed by atoms with Crippen molar-refractivity contribution in [3.8, 4) is 0 Å². The molecule has 11 nitrogen and oxygen atoms in total. The van der Waals surface area contributed by atoms with Crippen molar-refractivity contribution in [2.75, 3.05) is 65.3 Å². The fourth-order valence-corrected chi connectivity index (χ4v) is 6.27. The SMILES string of the molecule is CN(C)CCN(C)Cc1ccc(C2=CCC(S(=O)(=O)N3CCN(c4ncc(C(=O)NO)cn4)CC3)C=C2)cc1. The van der Waals surface area contributed by atoms with Crippen molar-refractivity contribution in [3.05, 3.63) is 71.6 Å². The molecule has 4 rings (SSSR count). The highest BCUT2D eigenvalue weighted by molar-refractivity contribution is 7.89. The molecule has 1 unspecified atom stereocenters. The lowest BCUT2D eigenvalue weighted by Gasteiger charge is -2.35. The minimum absolute atomic E-state index is 0.137. The number of hydrogen-bond donors (Lipinski definition) is 2. The van der Waals surface area contributed by atoms with Crippen molar-refractivity contribution in [2.45, 2.75) is 18.2 Å². The van der Waals surface area contributed by atoms with Gasteiger partial charge in [-0.1, -0.05) is 42.5 Å². The van der Waals surface area contributed by atoms with Crippen LogP contribution in [0.15, 0.2) is 54.9 Å². The maximum absolute atomic E-state index is 13.3. The molecule has 1 aromatic carbocycles. The number of allylic oxidation sites excluding steroid dienone is 3. The number of amides is 1. The number of likely N-dealkylation sites (N-methyl/N-ethyl adjacent to an activating group) is 2. The van der Waals surface area contributed by atoms with Gasteiger partial charge < -0.3 is 14.7 Å². The van der Waals surface area contributed by atoms with Crippen molar-refractivity contribution in [1.82, 2.24) is 29.6 Å². The van der Waals surface area contributed by atoms with Crippen LogP contribution in [-0.2, 0) is 16.6 Å². The minimum Gasteiger partial charge on any atom is -0.338 e. The fourth-order valence-electron chi connectivity index (χ4n) is 4.60. The van der Waals surface area contributed by atoms with Gasteiger partial charge in [0.05, 0.1) is 10.8 Å². The Kier molecular flexibility index (Phi) is 9.46. The van der Waals surface area contributed by atoms with Gasteiger partial charge in [-0.3, -0.25) is 10.0 Å². The number of carbonyl (C=O) groups is 1. The predicted octanol–water partition coefficient (Wildman–Crippen LogP) is 1.45. The molecule has 0 saturated carbocycles. The molecule has 1 aliphatic carbocycles. The number of anilines is 1. The Labute approximate surface area is 230 Å². The number of nitrogens with zero attached hydrogens (tertiary/aromatic N) is 6. The summed E-state index contributed by atoms with van der Waals surface area (Å²) < 4.78 is 28.2. The molecule has 1 amide bonds. The highest BCUT2D eigenvalue weighted by atomic mass is 32.2. The lowest BCUT2D eigenvalue weighted by Crippen LogP contribution is -2.51. The summed E-state index contributed by atoms with van der Waals surface area (Å²) >= 11 is 0. The molecule has 1 aromatic heterocycles. The third-order valence-electron chi connectivity index (χ3n) is 7.00. The average molecular weight is 556 g/mol. The third-order valence-corrected chi connectivity index (χ3v) is 9.19. The van der Waals surface area contributed by atoms with Crippen molar-refractivity contribution in [2.24, 2.45) is 0 Å². The number of hydroxylamine groups is 1. The highest BCUT2D eigenvalue weighted by Crippen LogP contribution is 2.27. The Morgan fingerprint density at radius 2 is 1.72 bits per heavy atom. The van der Waals surface area contributed by atoms with Gasteiger partial charge in [0.15, 0.2) is 0 Å². The molecule has 0 bridgehead atoms. The Hall–Kier alpha value is -3.16. The van der Waals surface area contributed by atoms with Crippen molar-refractivity contribution < 1.29 is 18.4 Å². The Bertz CT molecular complexity index is 1290. The van der Waals surface area contributed by atoms with E-state index in [4.69, 9.17) is 5.21 Å². The largest absolute Gasteiger partial charge is 0.338 e. The van der Waals surface area contributed by atoms with E-state index in [9.17, 15) is 13.2 Å². The van der Waals surface area contributed by atoms with Gasteiger partial charge >= 0.3 is 0 Å². The summed E-state index contributed by atoms with van der Waals surface area (Å²) in [6.45, 7) is 4.44. The van der Waals surface area contributed by atoms with Crippen LogP contribution in [0.25, 0.3) is 5.57 Å². The summed E-state index contributed by atoms with van der Waals surface area (Å²) in [4.78, 5) is 26.1. The van der Waals surface area contributed by atoms with Crippen LogP contribution in [0.5, 0.6) is 0 Å². The number of hydrogen-bond acceptors (Lipinski definition) is 9. The van der Waals surface area contributed by atoms with Crippen LogP contribution in [0, 0.1) is 0 Å². The number of aromatic nitrogens is 2. The molecule has 1 fully saturated rings. The zero-order valence-corrected chi connectivity index (χ0v) is 23.5. The lowest BCUT2D eigenvalue weighted by molar-refractivity contribution is 0.0705. The summed E-state index contributed by atoms with van der Waals surface area (Å²) in [6.07, 6.45) is 8.81. The normalized spacial score (nSPS) is 18.5. The van der Waals surface area contributed by atoms with Gasteiger partial charge in [0.25, 0.3) is 5.91 Å². The van der Waals surface area contributed by atoms with Crippen molar-refractivity contribution in [3.63, 3.8) is 0 Å². The van der Waals surface area contributed by atoms with E-state index in [1.54, 1.807) is 11.6 Å². The van der Waals surface area contributed by atoms with Gasteiger partial charge in [-0.2, -0.15) is 4.31 Å². The maximum atomic E-state index is 13.3. The number of nitrogens with one attached hydrogen (secondary N) is 1. The molecule has 210 valence electrons. The maximum Gasteiger partial charge on any atom is 0.277 e. The van der Waals surface area contributed by atoms with Crippen LogP contribution in [0.2, 0.25) is 0 Å². The molecule has 2 aliphatic rings. The standard InChI is InChI=1S/C27H37N7O4S/c1-31(2)12-13-32(3)20-21-4-6-22(7-5-21)23-8-10-25(11-9-23)39(37,38)34-16-14-33(15-17-34)27-28-18-24(19-29-27)26(35)30-36/h4-10,18-19,25,36H,11-17,20H2,1-3H3,(H,30,35). The van der Waals surface area contributed by atoms with Gasteiger partial charge in [0, 0.05) is 58.2 Å². The molecule has 0 radical (unpaired) electrons. The van der Waals surface area contributed by atoms with Crippen LogP contribution in [0.4, 0.5) is 5.95 Å². The number of rotatable bonds is 10. The summed E-state index contributed by atoms with van der Waals surface area (Å²) in [6, 6.07) is 8.47. The van der Waals surface area contributed by atoms with E-state index in [1.807, 2.05) is 17.1 Å². The molecule has 39 heavy (non-hydrogen) atoms. The first-order chi connectivity index (χ1) is 18.7. The summed E-state index contributed by atoms with van der Waals surface area (Å²) in [5, 5.41) is 8.12. The summed E-state index contributed by atoms with van der Waals surface area (Å²) in [5.41, 5.74) is 5.04. The van der Waals surface area contributed by atoms with Crippen molar-refractivity contribution >= 4 is 27.5 Å². The van der Waals surface area contributed by atoms with Gasteiger partial charge in [0.1, 0.15) is 0 Å². The van der Waals surface area contributed by atoms with Gasteiger partial charge in [-0.15, -0.1) is 0 Å². The van der Waals surface area contributed by atoms with Crippen LogP contribution >= 0.6 is 0 Å². The molecule has 2 heterocycles. The fraction of sp³-hybridized carbons (Fsp3) is 0.444. The summed E-state index contributed by atoms with van der Waals surface area (Å²) in [5.74, 6) is -0.274. The Morgan fingerprint density at radius 1 is 1.05 bits per heavy atom. The van der Waals surface area contributed by atoms with E-state index in [1.165, 1.54) is 22.3 Å². The zero-order valence-electron chi connectivity index (χ0n) is 22.7. The molecule has 2 N–H and O–H groups in total. The molecule has 1 atom stereocenters. The van der Waals surface area contributed by atoms with E-state index >= 15 is 0 Å². The van der Waals surface area contributed by atoms with Crippen LogP contribution in [0.1, 0.15) is 27.9 Å². The van der Waals surface area contributed by atoms with E-state index in [0.29, 0.717) is 38.5 Å². The zero-order chi connectivity index (χ0) is 28.0. The molecular weight excluding hydrogens is 518 g/mol. The first-order valence-corrected chi connectivity index (χ1v) is 14.5. The third kappa shape index (κ3) is 7.28. The monoisotopic (exact) mass is 555 g/mol. The molecule has 0 spiro atoms. The highest BCUT2D eigenvalue weighted by Gasteiger charge is 2.33. The summed E-state index contributed by atoms with van der Waals surface area (Å²) in [7, 11) is 2.77. The predicted molar refractivity (Wildman–Crippen MR) is 151 cm³/mol. The first-order valence-electron chi connectivity index (χ1n) is 13.0. The Balaban J connectivity index is 1.30. The minimum atomic E-state index is -3.50. The van der Waals surface area contributed by atoms with Crippen molar-refractivity contribution in [1.29, 1.82) is 0 Å². The Morgan fingerprint density at radius 3 is 2.28 bits per heavy atom. The quantitative estimate of drug-likeness (QED) is 0.331. The second-order valence-electron chi connectivity index (χ2n) is 10.2. The average Bonchev–Trinajstić information content (AvgIpc) is 2.96. The van der Waals surface area contributed by atoms with E-state index in [2.05, 4.69) is 65.2 Å². The number of benzene rings is 1. The van der Waals surface area contributed by atoms with Crippen LogP contribution in [0.3, 0.4) is 0 Å². The second-order valence-corrected chi connectivity index (χ2v) is 12.3. The molecule has 2 aromatic rings. The topological polar surface area (TPSA) is 122 Å². The second kappa shape index (κ2) is 12.8. The van der Waals surface area contributed by atoms with Gasteiger partial charge in [-0.25, -0.2) is 23.9 Å². The first kappa shape index (κ1) is 28.8. The van der Waals surface area contributed by atoms with E-state index in [0.717, 1.165) is 30.8 Å². The van der Waals surface area contributed by atoms with E-state index < -0.39 is 21.2 Å². The smallest absolute Gasteiger partial charge is 0.277 e. The molecule has 1 aliphatic heterocycles. The molecule has 12 heteroatoms. The van der Waals surface area contributed by atoms with Gasteiger partial charge in [-0.05, 0) is 44.3 Å². The number of sulfonamides is 1. The molecular formula is C27H37N7O4S. The van der Waals surface area contributed by atoms with Crippen LogP contribution < -0.4 is 10.4 Å². The van der Waals surface area contributed by atoms with E-state index in [-0.39, 0.29) is 5.56 Å². The lowest BCUT2D eigenvalue weighted by atomic mass is 9.98.